The van der Waals surface area contributed by atoms with E-state index >= 15 is 0 Å². The Kier molecular flexibility index (Phi) is 2.89. The molecule has 0 atom stereocenters. The molecule has 0 saturated heterocycles. The van der Waals surface area contributed by atoms with E-state index in [-0.39, 0.29) is 0 Å². The van der Waals surface area contributed by atoms with Crippen LogP contribution in [0.1, 0.15) is 26.2 Å². The van der Waals surface area contributed by atoms with E-state index < -0.39 is 28.1 Å². The van der Waals surface area contributed by atoms with Gasteiger partial charge in [0.2, 0.25) is 0 Å². The van der Waals surface area contributed by atoms with Crippen LogP contribution in [0.2, 0.25) is 0 Å². The SMILES string of the molecule is CC(F)(F)C1(COS(C)(=O)=O)CCC1. The second-order valence-corrected chi connectivity index (χ2v) is 5.63. The largest absolute Gasteiger partial charge is 0.269 e. The van der Waals surface area contributed by atoms with Crippen LogP contribution in [0.25, 0.3) is 0 Å². The Morgan fingerprint density at radius 1 is 1.43 bits per heavy atom. The van der Waals surface area contributed by atoms with Crippen LogP contribution in [0.4, 0.5) is 8.78 Å². The number of rotatable bonds is 4. The lowest BCUT2D eigenvalue weighted by atomic mass is 9.65. The molecule has 0 bridgehead atoms. The number of hydrogen-bond acceptors (Lipinski definition) is 3. The standard InChI is InChI=1S/C8H14F2O3S/c1-7(9,10)8(4-3-5-8)6-13-14(2,11)12/h3-6H2,1-2H3. The van der Waals surface area contributed by atoms with Gasteiger partial charge >= 0.3 is 0 Å². The molecule has 0 N–H and O–H groups in total. The van der Waals surface area contributed by atoms with Gasteiger partial charge in [0.15, 0.2) is 0 Å². The van der Waals surface area contributed by atoms with Gasteiger partial charge in [-0.05, 0) is 19.8 Å². The quantitative estimate of drug-likeness (QED) is 0.689. The zero-order chi connectivity index (χ0) is 11.0. The Morgan fingerprint density at radius 2 is 1.93 bits per heavy atom. The van der Waals surface area contributed by atoms with Crippen LogP contribution in [-0.2, 0) is 14.3 Å². The summed E-state index contributed by atoms with van der Waals surface area (Å²) in [6.45, 7) is 0.410. The molecule has 0 amide bonds. The van der Waals surface area contributed by atoms with Crippen molar-refractivity contribution in [1.82, 2.24) is 0 Å². The van der Waals surface area contributed by atoms with Crippen LogP contribution in [0, 0.1) is 5.41 Å². The van der Waals surface area contributed by atoms with Crippen molar-refractivity contribution in [2.45, 2.75) is 32.1 Å². The molecule has 0 aromatic carbocycles. The van der Waals surface area contributed by atoms with Gasteiger partial charge in [0.25, 0.3) is 16.0 Å². The average molecular weight is 228 g/mol. The van der Waals surface area contributed by atoms with Crippen LogP contribution >= 0.6 is 0 Å². The first kappa shape index (κ1) is 11.8. The summed E-state index contributed by atoms with van der Waals surface area (Å²) < 4.78 is 52.1. The zero-order valence-corrected chi connectivity index (χ0v) is 9.03. The summed E-state index contributed by atoms with van der Waals surface area (Å²) in [6.07, 6.45) is 2.22. The second kappa shape index (κ2) is 3.41. The molecule has 1 saturated carbocycles. The molecule has 0 spiro atoms. The van der Waals surface area contributed by atoms with Gasteiger partial charge in [-0.3, -0.25) is 4.18 Å². The predicted octanol–water partition coefficient (Wildman–Crippen LogP) is 1.79. The lowest BCUT2D eigenvalue weighted by Gasteiger charge is -2.45. The maximum atomic E-state index is 13.1. The molecule has 6 heteroatoms. The molecule has 14 heavy (non-hydrogen) atoms. The molecular weight excluding hydrogens is 214 g/mol. The highest BCUT2D eigenvalue weighted by Crippen LogP contribution is 2.52. The van der Waals surface area contributed by atoms with Crippen molar-refractivity contribution in [2.24, 2.45) is 5.41 Å². The number of alkyl halides is 2. The third-order valence-electron chi connectivity index (χ3n) is 2.79. The number of halogens is 2. The molecule has 84 valence electrons. The molecular formula is C8H14F2O3S. The normalized spacial score (nSPS) is 21.7. The summed E-state index contributed by atoms with van der Waals surface area (Å²) in [4.78, 5) is 0. The van der Waals surface area contributed by atoms with Crippen molar-refractivity contribution in [1.29, 1.82) is 0 Å². The third kappa shape index (κ3) is 2.42. The lowest BCUT2D eigenvalue weighted by Crippen LogP contribution is -2.48. The zero-order valence-electron chi connectivity index (χ0n) is 8.22. The van der Waals surface area contributed by atoms with Crippen LogP contribution in [-0.4, -0.2) is 27.2 Å². The van der Waals surface area contributed by atoms with E-state index in [9.17, 15) is 17.2 Å². The highest BCUT2D eigenvalue weighted by atomic mass is 32.2. The van der Waals surface area contributed by atoms with E-state index in [0.717, 1.165) is 13.2 Å². The van der Waals surface area contributed by atoms with Gasteiger partial charge in [0.1, 0.15) is 0 Å². The second-order valence-electron chi connectivity index (χ2n) is 3.99. The minimum atomic E-state index is -3.63. The van der Waals surface area contributed by atoms with Crippen LogP contribution < -0.4 is 0 Å². The van der Waals surface area contributed by atoms with E-state index in [4.69, 9.17) is 0 Å². The molecule has 1 fully saturated rings. The van der Waals surface area contributed by atoms with Gasteiger partial charge in [-0.1, -0.05) is 6.42 Å². The highest BCUT2D eigenvalue weighted by molar-refractivity contribution is 7.85. The predicted molar refractivity (Wildman–Crippen MR) is 47.7 cm³/mol. The summed E-state index contributed by atoms with van der Waals surface area (Å²) in [7, 11) is -3.63. The fourth-order valence-corrected chi connectivity index (χ4v) is 1.97. The van der Waals surface area contributed by atoms with Crippen molar-refractivity contribution in [2.75, 3.05) is 12.9 Å². The molecule has 0 unspecified atom stereocenters. The van der Waals surface area contributed by atoms with E-state index in [1.165, 1.54) is 0 Å². The van der Waals surface area contributed by atoms with Crippen molar-refractivity contribution in [3.05, 3.63) is 0 Å². The fraction of sp³-hybridized carbons (Fsp3) is 1.00. The molecule has 0 aromatic heterocycles. The average Bonchev–Trinajstić information content (AvgIpc) is 1.77. The van der Waals surface area contributed by atoms with Gasteiger partial charge in [0, 0.05) is 0 Å². The Balaban J connectivity index is 2.65. The first-order valence-corrected chi connectivity index (χ1v) is 6.20. The van der Waals surface area contributed by atoms with Crippen LogP contribution in [0.15, 0.2) is 0 Å². The van der Waals surface area contributed by atoms with Gasteiger partial charge < -0.3 is 0 Å². The summed E-state index contributed by atoms with van der Waals surface area (Å²) in [5.41, 5.74) is -1.27. The maximum absolute atomic E-state index is 13.1. The topological polar surface area (TPSA) is 43.4 Å². The molecule has 0 aromatic rings. The van der Waals surface area contributed by atoms with E-state index in [0.29, 0.717) is 19.3 Å². The smallest absolute Gasteiger partial charge is 0.264 e. The molecule has 1 aliphatic carbocycles. The molecule has 0 aliphatic heterocycles. The van der Waals surface area contributed by atoms with E-state index in [1.807, 2.05) is 0 Å². The molecule has 1 rings (SSSR count). The summed E-state index contributed by atoms with van der Waals surface area (Å²) in [5, 5.41) is 0. The Bertz CT molecular complexity index is 301. The van der Waals surface area contributed by atoms with Gasteiger partial charge in [-0.25, -0.2) is 8.78 Å². The minimum absolute atomic E-state index is 0.325. The number of hydrogen-bond donors (Lipinski definition) is 0. The first-order valence-electron chi connectivity index (χ1n) is 4.39. The van der Waals surface area contributed by atoms with Crippen molar-refractivity contribution in [3.8, 4) is 0 Å². The van der Waals surface area contributed by atoms with Crippen molar-refractivity contribution < 1.29 is 21.4 Å². The van der Waals surface area contributed by atoms with Crippen molar-refractivity contribution in [3.63, 3.8) is 0 Å². The highest BCUT2D eigenvalue weighted by Gasteiger charge is 2.54. The first-order chi connectivity index (χ1) is 6.16. The monoisotopic (exact) mass is 228 g/mol. The van der Waals surface area contributed by atoms with Gasteiger partial charge in [0.05, 0.1) is 18.3 Å². The molecule has 1 aliphatic rings. The fourth-order valence-electron chi connectivity index (χ4n) is 1.53. The van der Waals surface area contributed by atoms with E-state index in [2.05, 4.69) is 4.18 Å². The van der Waals surface area contributed by atoms with Crippen LogP contribution in [0.3, 0.4) is 0 Å². The van der Waals surface area contributed by atoms with Gasteiger partial charge in [-0.2, -0.15) is 8.42 Å². The Morgan fingerprint density at radius 3 is 2.14 bits per heavy atom. The Hall–Kier alpha value is -0.230. The van der Waals surface area contributed by atoms with Gasteiger partial charge in [-0.15, -0.1) is 0 Å². The Labute approximate surface area is 82.6 Å². The third-order valence-corrected chi connectivity index (χ3v) is 3.34. The molecule has 0 heterocycles. The summed E-state index contributed by atoms with van der Waals surface area (Å²) in [5.74, 6) is -2.88. The minimum Gasteiger partial charge on any atom is -0.269 e. The van der Waals surface area contributed by atoms with E-state index in [1.54, 1.807) is 0 Å². The molecule has 3 nitrogen and oxygen atoms in total. The summed E-state index contributed by atoms with van der Waals surface area (Å²) >= 11 is 0. The molecule has 0 radical (unpaired) electrons. The lowest BCUT2D eigenvalue weighted by molar-refractivity contribution is -0.163. The van der Waals surface area contributed by atoms with Crippen LogP contribution in [0.5, 0.6) is 0 Å². The maximum Gasteiger partial charge on any atom is 0.264 e. The summed E-state index contributed by atoms with van der Waals surface area (Å²) in [6, 6.07) is 0. The van der Waals surface area contributed by atoms with Crippen molar-refractivity contribution >= 4 is 10.1 Å².